The molecule has 1 amide bonds. The second-order valence-electron chi connectivity index (χ2n) is 8.56. The first-order valence-electron chi connectivity index (χ1n) is 11.5. The zero-order valence-electron chi connectivity index (χ0n) is 20.8. The average molecular weight is 541 g/mol. The minimum Gasteiger partial charge on any atom is -0.507 e. The van der Waals surface area contributed by atoms with Gasteiger partial charge in [0.05, 0.1) is 35.4 Å². The highest BCUT2D eigenvalue weighted by Gasteiger charge is 2.47. The number of aliphatic hydroxyl groups excluding tert-OH is 1. The Morgan fingerprint density at radius 1 is 1.00 bits per heavy atom. The van der Waals surface area contributed by atoms with Crippen molar-refractivity contribution >= 4 is 52.0 Å². The third kappa shape index (κ3) is 4.97. The van der Waals surface area contributed by atoms with Crippen LogP contribution >= 0.6 is 23.2 Å². The standard InChI is InChI=1S/C28H26Cl2N2O5/c1-5-37-20-12-6-16(7-13-20)24-23(25(33)17-14-21(29)27(36-4)22(30)15-17)26(34)28(35)32(24)19-10-8-18(9-11-19)31(2)3/h6-15,24,33H,5H2,1-4H3/b25-23+. The lowest BCUT2D eigenvalue weighted by Crippen LogP contribution is -2.29. The lowest BCUT2D eigenvalue weighted by molar-refractivity contribution is -0.132. The van der Waals surface area contributed by atoms with Crippen molar-refractivity contribution in [1.82, 2.24) is 0 Å². The monoisotopic (exact) mass is 540 g/mol. The molecule has 1 heterocycles. The van der Waals surface area contributed by atoms with Crippen LogP contribution in [0.1, 0.15) is 24.1 Å². The Labute approximate surface area is 225 Å². The summed E-state index contributed by atoms with van der Waals surface area (Å²) in [6, 6.07) is 16.3. The fourth-order valence-corrected chi connectivity index (χ4v) is 4.93. The van der Waals surface area contributed by atoms with E-state index in [0.717, 1.165) is 5.69 Å². The molecule has 3 aromatic carbocycles. The fourth-order valence-electron chi connectivity index (χ4n) is 4.29. The van der Waals surface area contributed by atoms with Crippen molar-refractivity contribution in [2.24, 2.45) is 0 Å². The molecular weight excluding hydrogens is 515 g/mol. The van der Waals surface area contributed by atoms with Crippen LogP contribution in [0.2, 0.25) is 10.0 Å². The highest BCUT2D eigenvalue weighted by molar-refractivity contribution is 6.51. The van der Waals surface area contributed by atoms with E-state index in [0.29, 0.717) is 23.6 Å². The quantitative estimate of drug-likeness (QED) is 0.222. The fraction of sp³-hybridized carbons (Fsp3) is 0.214. The highest BCUT2D eigenvalue weighted by atomic mass is 35.5. The van der Waals surface area contributed by atoms with Gasteiger partial charge in [-0.2, -0.15) is 0 Å². The molecule has 9 heteroatoms. The molecule has 4 rings (SSSR count). The van der Waals surface area contributed by atoms with Gasteiger partial charge in [0.2, 0.25) is 0 Å². The number of nitrogens with zero attached hydrogens (tertiary/aromatic N) is 2. The molecule has 0 aromatic heterocycles. The Morgan fingerprint density at radius 3 is 2.11 bits per heavy atom. The smallest absolute Gasteiger partial charge is 0.300 e. The summed E-state index contributed by atoms with van der Waals surface area (Å²) in [5, 5.41) is 11.7. The van der Waals surface area contributed by atoms with Crippen LogP contribution in [0.15, 0.2) is 66.2 Å². The van der Waals surface area contributed by atoms with E-state index in [1.807, 2.05) is 38.1 Å². The normalized spacial score (nSPS) is 16.7. The van der Waals surface area contributed by atoms with Gasteiger partial charge in [0.15, 0.2) is 5.75 Å². The van der Waals surface area contributed by atoms with E-state index >= 15 is 0 Å². The average Bonchev–Trinajstić information content (AvgIpc) is 3.14. The third-order valence-corrected chi connectivity index (χ3v) is 6.63. The summed E-state index contributed by atoms with van der Waals surface area (Å²) < 4.78 is 10.7. The number of anilines is 2. The number of rotatable bonds is 7. The number of ketones is 1. The molecular formula is C28H26Cl2N2O5. The Balaban J connectivity index is 1.91. The van der Waals surface area contributed by atoms with Crippen LogP contribution in [0.3, 0.4) is 0 Å². The van der Waals surface area contributed by atoms with Gasteiger partial charge in [-0.3, -0.25) is 14.5 Å². The van der Waals surface area contributed by atoms with E-state index in [2.05, 4.69) is 0 Å². The Kier molecular flexibility index (Phi) is 7.66. The van der Waals surface area contributed by atoms with Gasteiger partial charge in [0.25, 0.3) is 11.7 Å². The highest BCUT2D eigenvalue weighted by Crippen LogP contribution is 2.44. The Morgan fingerprint density at radius 2 is 1.59 bits per heavy atom. The maximum absolute atomic E-state index is 13.4. The molecule has 1 atom stereocenters. The number of halogens is 2. The summed E-state index contributed by atoms with van der Waals surface area (Å²) in [6.45, 7) is 2.38. The van der Waals surface area contributed by atoms with Crippen molar-refractivity contribution in [1.29, 1.82) is 0 Å². The number of Topliss-reactive ketones (excluding diaryl/α,β-unsaturated/α-hetero) is 1. The number of carbonyl (C=O) groups is 2. The molecule has 1 unspecified atom stereocenters. The molecule has 0 saturated carbocycles. The van der Waals surface area contributed by atoms with Crippen LogP contribution in [-0.2, 0) is 9.59 Å². The molecule has 1 saturated heterocycles. The van der Waals surface area contributed by atoms with Gasteiger partial charge in [-0.05, 0) is 61.0 Å². The summed E-state index contributed by atoms with van der Waals surface area (Å²) in [4.78, 5) is 30.1. The molecule has 7 nitrogen and oxygen atoms in total. The largest absolute Gasteiger partial charge is 0.507 e. The number of carbonyl (C=O) groups excluding carboxylic acids is 2. The predicted molar refractivity (Wildman–Crippen MR) is 146 cm³/mol. The first kappa shape index (κ1) is 26.4. The first-order valence-corrected chi connectivity index (χ1v) is 12.3. The molecule has 0 aliphatic carbocycles. The van der Waals surface area contributed by atoms with Gasteiger partial charge < -0.3 is 19.5 Å². The maximum Gasteiger partial charge on any atom is 0.300 e. The van der Waals surface area contributed by atoms with Crippen molar-refractivity contribution in [2.45, 2.75) is 13.0 Å². The van der Waals surface area contributed by atoms with E-state index in [4.69, 9.17) is 32.7 Å². The first-order chi connectivity index (χ1) is 17.7. The molecule has 37 heavy (non-hydrogen) atoms. The molecule has 0 bridgehead atoms. The summed E-state index contributed by atoms with van der Waals surface area (Å²) in [7, 11) is 5.24. The van der Waals surface area contributed by atoms with Gasteiger partial charge in [-0.25, -0.2) is 0 Å². The zero-order chi connectivity index (χ0) is 26.9. The number of aliphatic hydroxyl groups is 1. The number of hydrogen-bond acceptors (Lipinski definition) is 6. The van der Waals surface area contributed by atoms with E-state index < -0.39 is 23.5 Å². The van der Waals surface area contributed by atoms with Gasteiger partial charge >= 0.3 is 0 Å². The van der Waals surface area contributed by atoms with Crippen molar-refractivity contribution < 1.29 is 24.2 Å². The van der Waals surface area contributed by atoms with E-state index in [-0.39, 0.29) is 26.9 Å². The summed E-state index contributed by atoms with van der Waals surface area (Å²) in [5.74, 6) is -1.09. The predicted octanol–water partition coefficient (Wildman–Crippen LogP) is 6.09. The van der Waals surface area contributed by atoms with Crippen molar-refractivity contribution in [3.05, 3.63) is 87.4 Å². The minimum atomic E-state index is -0.902. The number of hydrogen-bond donors (Lipinski definition) is 1. The van der Waals surface area contributed by atoms with Gasteiger partial charge in [-0.15, -0.1) is 0 Å². The van der Waals surface area contributed by atoms with Crippen LogP contribution in [-0.4, -0.2) is 44.6 Å². The minimum absolute atomic E-state index is 0.0804. The molecule has 192 valence electrons. The SMILES string of the molecule is CCOc1ccc(C2/C(=C(\O)c3cc(Cl)c(OC)c(Cl)c3)C(=O)C(=O)N2c2ccc(N(C)C)cc2)cc1. The van der Waals surface area contributed by atoms with E-state index in [1.165, 1.54) is 24.1 Å². The van der Waals surface area contributed by atoms with Gasteiger partial charge in [-0.1, -0.05) is 35.3 Å². The second-order valence-corrected chi connectivity index (χ2v) is 9.37. The number of ether oxygens (including phenoxy) is 2. The van der Waals surface area contributed by atoms with Crippen LogP contribution in [0.4, 0.5) is 11.4 Å². The molecule has 1 aliphatic rings. The lowest BCUT2D eigenvalue weighted by Gasteiger charge is -2.26. The van der Waals surface area contributed by atoms with Crippen LogP contribution in [0, 0.1) is 0 Å². The second kappa shape index (κ2) is 10.7. The Bertz CT molecular complexity index is 1350. The summed E-state index contributed by atoms with van der Waals surface area (Å²) >= 11 is 12.6. The molecule has 1 aliphatic heterocycles. The van der Waals surface area contributed by atoms with Crippen molar-refractivity contribution in [3.63, 3.8) is 0 Å². The van der Waals surface area contributed by atoms with Gasteiger partial charge in [0, 0.05) is 31.0 Å². The lowest BCUT2D eigenvalue weighted by atomic mass is 9.95. The summed E-state index contributed by atoms with van der Waals surface area (Å²) in [6.07, 6.45) is 0. The molecule has 3 aromatic rings. The molecule has 0 spiro atoms. The molecule has 0 radical (unpaired) electrons. The molecule has 1 N–H and O–H groups in total. The van der Waals surface area contributed by atoms with Crippen LogP contribution < -0.4 is 19.3 Å². The van der Waals surface area contributed by atoms with Crippen molar-refractivity contribution in [3.8, 4) is 11.5 Å². The zero-order valence-corrected chi connectivity index (χ0v) is 22.3. The number of amides is 1. The summed E-state index contributed by atoms with van der Waals surface area (Å²) in [5.41, 5.74) is 2.17. The number of benzene rings is 3. The van der Waals surface area contributed by atoms with Crippen molar-refractivity contribution in [2.75, 3.05) is 37.6 Å². The Hall–Kier alpha value is -3.68. The van der Waals surface area contributed by atoms with E-state index in [1.54, 1.807) is 36.4 Å². The van der Waals surface area contributed by atoms with E-state index in [9.17, 15) is 14.7 Å². The third-order valence-electron chi connectivity index (χ3n) is 6.07. The van der Waals surface area contributed by atoms with Crippen LogP contribution in [0.25, 0.3) is 5.76 Å². The van der Waals surface area contributed by atoms with Gasteiger partial charge in [0.1, 0.15) is 11.5 Å². The number of methoxy groups -OCH3 is 1. The topological polar surface area (TPSA) is 79.3 Å². The van der Waals surface area contributed by atoms with Crippen LogP contribution in [0.5, 0.6) is 11.5 Å². The maximum atomic E-state index is 13.4. The molecule has 1 fully saturated rings.